The second kappa shape index (κ2) is 6.20. The van der Waals surface area contributed by atoms with Gasteiger partial charge in [0, 0.05) is 10.7 Å². The van der Waals surface area contributed by atoms with Crippen molar-refractivity contribution in [2.75, 3.05) is 7.11 Å². The molecule has 2 rings (SSSR count). The lowest BCUT2D eigenvalue weighted by molar-refractivity contribution is 0.279. The van der Waals surface area contributed by atoms with E-state index in [1.54, 1.807) is 13.3 Å². The largest absolute Gasteiger partial charge is 0.493 e. The summed E-state index contributed by atoms with van der Waals surface area (Å²) in [6.45, 7) is 0.395. The third-order valence-electron chi connectivity index (χ3n) is 2.30. The summed E-state index contributed by atoms with van der Waals surface area (Å²) in [6, 6.07) is 9.51. The molecule has 0 radical (unpaired) electrons. The molecule has 0 amide bonds. The Balaban J connectivity index is 2.12. The summed E-state index contributed by atoms with van der Waals surface area (Å²) in [4.78, 5) is 4.25. The summed E-state index contributed by atoms with van der Waals surface area (Å²) in [5.41, 5.74) is 0.857. The predicted octanol–water partition coefficient (Wildman–Crippen LogP) is 4.19. The summed E-state index contributed by atoms with van der Waals surface area (Å²) in [6.07, 6.45) is 1.75. The molecule has 5 heteroatoms. The molecular formula is C13H11Br2NO2. The molecule has 0 aliphatic carbocycles. The Morgan fingerprint density at radius 2 is 2.00 bits per heavy atom. The van der Waals surface area contributed by atoms with E-state index in [1.807, 2.05) is 30.3 Å². The fourth-order valence-electron chi connectivity index (χ4n) is 1.43. The van der Waals surface area contributed by atoms with Gasteiger partial charge >= 0.3 is 0 Å². The van der Waals surface area contributed by atoms with Crippen molar-refractivity contribution in [3.05, 3.63) is 51.2 Å². The van der Waals surface area contributed by atoms with E-state index in [1.165, 1.54) is 0 Å². The lowest BCUT2D eigenvalue weighted by atomic mass is 10.3. The summed E-state index contributed by atoms with van der Waals surface area (Å²) in [5.74, 6) is 1.38. The predicted molar refractivity (Wildman–Crippen MR) is 77.0 cm³/mol. The average Bonchev–Trinajstić information content (AvgIpc) is 2.39. The second-order valence-corrected chi connectivity index (χ2v) is 5.30. The Bertz CT molecular complexity index is 529. The highest BCUT2D eigenvalue weighted by molar-refractivity contribution is 9.10. The molecule has 0 unspecified atom stereocenters. The third-order valence-corrected chi connectivity index (χ3v) is 3.40. The number of halogens is 2. The highest BCUT2D eigenvalue weighted by Gasteiger charge is 2.08. The first-order valence-corrected chi connectivity index (χ1v) is 6.85. The van der Waals surface area contributed by atoms with Crippen LogP contribution in [0.5, 0.6) is 11.5 Å². The molecular weight excluding hydrogens is 362 g/mol. The maximum absolute atomic E-state index is 5.74. The Kier molecular flexibility index (Phi) is 4.60. The summed E-state index contributed by atoms with van der Waals surface area (Å²) >= 11 is 6.79. The Morgan fingerprint density at radius 1 is 1.17 bits per heavy atom. The van der Waals surface area contributed by atoms with Crippen molar-refractivity contribution in [3.63, 3.8) is 0 Å². The molecule has 0 saturated carbocycles. The lowest BCUT2D eigenvalue weighted by Crippen LogP contribution is -2.00. The van der Waals surface area contributed by atoms with Gasteiger partial charge in [0.25, 0.3) is 0 Å². The molecule has 1 heterocycles. The van der Waals surface area contributed by atoms with Crippen LogP contribution in [0.25, 0.3) is 0 Å². The zero-order valence-corrected chi connectivity index (χ0v) is 12.9. The minimum atomic E-state index is 0.395. The fourth-order valence-corrected chi connectivity index (χ4v) is 2.12. The summed E-state index contributed by atoms with van der Waals surface area (Å²) in [7, 11) is 1.62. The highest BCUT2D eigenvalue weighted by Crippen LogP contribution is 2.35. The Labute approximate surface area is 122 Å². The average molecular weight is 373 g/mol. The minimum Gasteiger partial charge on any atom is -0.493 e. The quantitative estimate of drug-likeness (QED) is 0.806. The SMILES string of the molecule is COc1cccc(Br)c1OCc1ccc(Br)cn1. The van der Waals surface area contributed by atoms with Gasteiger partial charge in [-0.15, -0.1) is 0 Å². The van der Waals surface area contributed by atoms with Gasteiger partial charge in [-0.25, -0.2) is 0 Å². The maximum atomic E-state index is 5.74. The normalized spacial score (nSPS) is 10.2. The molecule has 0 spiro atoms. The number of ether oxygens (including phenoxy) is 2. The van der Waals surface area contributed by atoms with Crippen LogP contribution in [-0.2, 0) is 6.61 Å². The van der Waals surface area contributed by atoms with Crippen LogP contribution in [0, 0.1) is 0 Å². The number of nitrogens with zero attached hydrogens (tertiary/aromatic N) is 1. The van der Waals surface area contributed by atoms with Gasteiger partial charge in [-0.3, -0.25) is 4.98 Å². The molecule has 0 fully saturated rings. The van der Waals surface area contributed by atoms with Crippen LogP contribution in [0.1, 0.15) is 5.69 Å². The molecule has 2 aromatic rings. The topological polar surface area (TPSA) is 31.4 Å². The third kappa shape index (κ3) is 3.23. The molecule has 1 aromatic carbocycles. The first kappa shape index (κ1) is 13.4. The molecule has 3 nitrogen and oxygen atoms in total. The second-order valence-electron chi connectivity index (χ2n) is 3.53. The smallest absolute Gasteiger partial charge is 0.175 e. The molecule has 0 aliphatic heterocycles. The van der Waals surface area contributed by atoms with Crippen LogP contribution < -0.4 is 9.47 Å². The molecule has 94 valence electrons. The van der Waals surface area contributed by atoms with Crippen molar-refractivity contribution in [2.24, 2.45) is 0 Å². The van der Waals surface area contributed by atoms with E-state index >= 15 is 0 Å². The van der Waals surface area contributed by atoms with Crippen molar-refractivity contribution in [1.82, 2.24) is 4.98 Å². The molecule has 0 saturated heterocycles. The van der Waals surface area contributed by atoms with Gasteiger partial charge in [-0.2, -0.15) is 0 Å². The number of para-hydroxylation sites is 1. The number of rotatable bonds is 4. The number of hydrogen-bond donors (Lipinski definition) is 0. The van der Waals surface area contributed by atoms with Crippen LogP contribution in [-0.4, -0.2) is 12.1 Å². The van der Waals surface area contributed by atoms with E-state index in [0.29, 0.717) is 18.1 Å². The van der Waals surface area contributed by atoms with Crippen molar-refractivity contribution < 1.29 is 9.47 Å². The molecule has 0 atom stereocenters. The summed E-state index contributed by atoms with van der Waals surface area (Å²) < 4.78 is 12.8. The van der Waals surface area contributed by atoms with E-state index in [0.717, 1.165) is 14.6 Å². The van der Waals surface area contributed by atoms with Gasteiger partial charge in [0.15, 0.2) is 11.5 Å². The molecule has 18 heavy (non-hydrogen) atoms. The first-order valence-electron chi connectivity index (χ1n) is 5.26. The number of benzene rings is 1. The van der Waals surface area contributed by atoms with Crippen molar-refractivity contribution in [1.29, 1.82) is 0 Å². The maximum Gasteiger partial charge on any atom is 0.175 e. The Hall–Kier alpha value is -1.07. The number of aromatic nitrogens is 1. The summed E-state index contributed by atoms with van der Waals surface area (Å²) in [5, 5.41) is 0. The van der Waals surface area contributed by atoms with Crippen LogP contribution in [0.3, 0.4) is 0 Å². The number of pyridine rings is 1. The lowest BCUT2D eigenvalue weighted by Gasteiger charge is -2.11. The Morgan fingerprint density at radius 3 is 2.67 bits per heavy atom. The zero-order chi connectivity index (χ0) is 13.0. The van der Waals surface area contributed by atoms with Crippen molar-refractivity contribution in [2.45, 2.75) is 6.61 Å². The zero-order valence-electron chi connectivity index (χ0n) is 9.69. The molecule has 1 aromatic heterocycles. The van der Waals surface area contributed by atoms with Gasteiger partial charge in [-0.05, 0) is 56.1 Å². The molecule has 0 N–H and O–H groups in total. The van der Waals surface area contributed by atoms with Crippen LogP contribution >= 0.6 is 31.9 Å². The van der Waals surface area contributed by atoms with E-state index in [2.05, 4.69) is 36.8 Å². The van der Waals surface area contributed by atoms with Crippen molar-refractivity contribution >= 4 is 31.9 Å². The van der Waals surface area contributed by atoms with Gasteiger partial charge in [0.05, 0.1) is 17.3 Å². The van der Waals surface area contributed by atoms with E-state index < -0.39 is 0 Å². The van der Waals surface area contributed by atoms with Crippen LogP contribution in [0.2, 0.25) is 0 Å². The fraction of sp³-hybridized carbons (Fsp3) is 0.154. The van der Waals surface area contributed by atoms with Crippen molar-refractivity contribution in [3.8, 4) is 11.5 Å². The number of methoxy groups -OCH3 is 1. The van der Waals surface area contributed by atoms with Crippen LogP contribution in [0.4, 0.5) is 0 Å². The van der Waals surface area contributed by atoms with Crippen LogP contribution in [0.15, 0.2) is 45.5 Å². The highest BCUT2D eigenvalue weighted by atomic mass is 79.9. The molecule has 0 aliphatic rings. The van der Waals surface area contributed by atoms with E-state index in [-0.39, 0.29) is 0 Å². The van der Waals surface area contributed by atoms with Gasteiger partial charge < -0.3 is 9.47 Å². The standard InChI is InChI=1S/C13H11Br2NO2/c1-17-12-4-2-3-11(15)13(12)18-8-10-6-5-9(14)7-16-10/h2-7H,8H2,1H3. The van der Waals surface area contributed by atoms with E-state index in [9.17, 15) is 0 Å². The number of hydrogen-bond acceptors (Lipinski definition) is 3. The van der Waals surface area contributed by atoms with Gasteiger partial charge in [0.2, 0.25) is 0 Å². The van der Waals surface area contributed by atoms with E-state index in [4.69, 9.17) is 9.47 Å². The minimum absolute atomic E-state index is 0.395. The first-order chi connectivity index (χ1) is 8.70. The molecule has 0 bridgehead atoms. The van der Waals surface area contributed by atoms with Gasteiger partial charge in [0.1, 0.15) is 6.61 Å². The van der Waals surface area contributed by atoms with Gasteiger partial charge in [-0.1, -0.05) is 6.07 Å². The monoisotopic (exact) mass is 371 g/mol.